The molecule has 3 nitrogen and oxygen atoms in total. The van der Waals surface area contributed by atoms with Crippen LogP contribution in [-0.2, 0) is 4.79 Å². The molecule has 4 saturated carbocycles. The van der Waals surface area contributed by atoms with Gasteiger partial charge in [-0.2, -0.15) is 0 Å². The Kier molecular flexibility index (Phi) is 3.42. The maximum absolute atomic E-state index is 11.9. The zero-order chi connectivity index (χ0) is 12.5. The highest BCUT2D eigenvalue weighted by Crippen LogP contribution is 2.53. The van der Waals surface area contributed by atoms with Gasteiger partial charge in [0.15, 0.2) is 6.54 Å². The van der Waals surface area contributed by atoms with Gasteiger partial charge >= 0.3 is 0 Å². The van der Waals surface area contributed by atoms with E-state index in [-0.39, 0.29) is 5.91 Å². The van der Waals surface area contributed by atoms with Crippen LogP contribution in [0.4, 0.5) is 0 Å². The van der Waals surface area contributed by atoms with E-state index in [1.165, 1.54) is 32.1 Å². The first-order valence-corrected chi connectivity index (χ1v) is 7.48. The number of quaternary nitrogens is 1. The van der Waals surface area contributed by atoms with Crippen LogP contribution in [0.1, 0.15) is 32.1 Å². The lowest BCUT2D eigenvalue weighted by Crippen LogP contribution is -2.86. The van der Waals surface area contributed by atoms with Crippen LogP contribution in [0.15, 0.2) is 12.7 Å². The predicted octanol–water partition coefficient (Wildman–Crippen LogP) is 0.677. The molecular weight excluding hydrogens is 224 g/mol. The maximum Gasteiger partial charge on any atom is 0.275 e. The van der Waals surface area contributed by atoms with Crippen molar-refractivity contribution >= 4 is 5.91 Å². The molecule has 0 aliphatic heterocycles. The van der Waals surface area contributed by atoms with Crippen molar-refractivity contribution in [3.8, 4) is 0 Å². The lowest BCUT2D eigenvalue weighted by atomic mass is 9.54. The van der Waals surface area contributed by atoms with Crippen molar-refractivity contribution in [1.82, 2.24) is 5.32 Å². The summed E-state index contributed by atoms with van der Waals surface area (Å²) in [6.45, 7) is 5.05. The number of carbonyl (C=O) groups is 1. The average molecular weight is 249 g/mol. The fourth-order valence-corrected chi connectivity index (χ4v) is 4.74. The first-order valence-electron chi connectivity index (χ1n) is 7.48. The second kappa shape index (κ2) is 5.04. The Labute approximate surface area is 109 Å². The number of amides is 1. The van der Waals surface area contributed by atoms with E-state index < -0.39 is 0 Å². The molecule has 1 amide bonds. The standard InChI is InChI=1S/C15H24N2O/c1-2-3-16-9-14(18)17-15-12-5-10-4-11(7-12)8-13(15)6-10/h2,10-13,15-16H,1,3-9H2,(H,17,18)/p+1. The number of hydrogen-bond acceptors (Lipinski definition) is 1. The third-order valence-corrected chi connectivity index (χ3v) is 5.22. The van der Waals surface area contributed by atoms with Crippen molar-refractivity contribution in [3.05, 3.63) is 12.7 Å². The highest BCUT2D eigenvalue weighted by molar-refractivity contribution is 5.77. The number of rotatable bonds is 5. The second-order valence-corrected chi connectivity index (χ2v) is 6.54. The van der Waals surface area contributed by atoms with Crippen LogP contribution >= 0.6 is 0 Å². The Bertz CT molecular complexity index is 311. The van der Waals surface area contributed by atoms with E-state index in [1.807, 2.05) is 11.4 Å². The van der Waals surface area contributed by atoms with Gasteiger partial charge in [0, 0.05) is 6.04 Å². The largest absolute Gasteiger partial charge is 0.348 e. The molecule has 100 valence electrons. The van der Waals surface area contributed by atoms with Crippen molar-refractivity contribution in [3.63, 3.8) is 0 Å². The van der Waals surface area contributed by atoms with Gasteiger partial charge < -0.3 is 10.6 Å². The van der Waals surface area contributed by atoms with Gasteiger partial charge in [-0.15, -0.1) is 0 Å². The van der Waals surface area contributed by atoms with E-state index in [0.29, 0.717) is 12.6 Å². The molecule has 0 saturated heterocycles. The van der Waals surface area contributed by atoms with E-state index >= 15 is 0 Å². The lowest BCUT2D eigenvalue weighted by Gasteiger charge is -2.54. The van der Waals surface area contributed by atoms with Crippen LogP contribution in [0.5, 0.6) is 0 Å². The second-order valence-electron chi connectivity index (χ2n) is 6.54. The van der Waals surface area contributed by atoms with Gasteiger partial charge in [0.25, 0.3) is 5.91 Å². The lowest BCUT2D eigenvalue weighted by molar-refractivity contribution is -0.634. The van der Waals surface area contributed by atoms with Crippen molar-refractivity contribution in [2.45, 2.75) is 38.1 Å². The van der Waals surface area contributed by atoms with Gasteiger partial charge in [0.05, 0.1) is 6.54 Å². The molecule has 0 aromatic carbocycles. The minimum absolute atomic E-state index is 0.217. The molecule has 0 unspecified atom stereocenters. The van der Waals surface area contributed by atoms with Gasteiger partial charge in [-0.05, 0) is 61.9 Å². The molecule has 0 spiro atoms. The molecular formula is C15H25N2O+. The average Bonchev–Trinajstić information content (AvgIpc) is 2.33. The summed E-state index contributed by atoms with van der Waals surface area (Å²) in [6, 6.07) is 0.488. The van der Waals surface area contributed by atoms with Crippen LogP contribution in [0.3, 0.4) is 0 Å². The molecule has 18 heavy (non-hydrogen) atoms. The van der Waals surface area contributed by atoms with Crippen molar-refractivity contribution in [2.75, 3.05) is 13.1 Å². The first-order chi connectivity index (χ1) is 8.76. The molecule has 4 bridgehead atoms. The Morgan fingerprint density at radius 1 is 1.17 bits per heavy atom. The Morgan fingerprint density at radius 2 is 1.78 bits per heavy atom. The van der Waals surface area contributed by atoms with E-state index in [0.717, 1.165) is 30.2 Å². The summed E-state index contributed by atoms with van der Waals surface area (Å²) in [4.78, 5) is 11.9. The number of hydrogen-bond donors (Lipinski definition) is 2. The zero-order valence-corrected chi connectivity index (χ0v) is 11.1. The molecule has 0 atom stereocenters. The Morgan fingerprint density at radius 3 is 2.33 bits per heavy atom. The molecule has 3 N–H and O–H groups in total. The van der Waals surface area contributed by atoms with Gasteiger partial charge in [-0.3, -0.25) is 4.79 Å². The summed E-state index contributed by atoms with van der Waals surface area (Å²) < 4.78 is 0. The summed E-state index contributed by atoms with van der Waals surface area (Å²) in [6.07, 6.45) is 8.79. The van der Waals surface area contributed by atoms with Crippen LogP contribution in [0.2, 0.25) is 0 Å². The van der Waals surface area contributed by atoms with Gasteiger partial charge in [-0.25, -0.2) is 0 Å². The smallest absolute Gasteiger partial charge is 0.275 e. The SMILES string of the molecule is C=CC[NH2+]CC(=O)NC1C2CC3CC(C2)CC1C3. The molecule has 0 aromatic rings. The van der Waals surface area contributed by atoms with Gasteiger partial charge in [0.2, 0.25) is 0 Å². The topological polar surface area (TPSA) is 45.7 Å². The third kappa shape index (κ3) is 2.33. The molecule has 0 aromatic heterocycles. The van der Waals surface area contributed by atoms with Crippen LogP contribution in [0, 0.1) is 23.7 Å². The van der Waals surface area contributed by atoms with E-state index in [4.69, 9.17) is 0 Å². The van der Waals surface area contributed by atoms with Crippen LogP contribution < -0.4 is 10.6 Å². The minimum atomic E-state index is 0.217. The number of nitrogens with one attached hydrogen (secondary N) is 1. The van der Waals surface area contributed by atoms with Gasteiger partial charge in [0.1, 0.15) is 0 Å². The maximum atomic E-state index is 11.9. The summed E-state index contributed by atoms with van der Waals surface area (Å²) in [7, 11) is 0. The van der Waals surface area contributed by atoms with Crippen molar-refractivity contribution in [1.29, 1.82) is 0 Å². The number of nitrogens with two attached hydrogens (primary N) is 1. The van der Waals surface area contributed by atoms with Crippen LogP contribution in [0.25, 0.3) is 0 Å². The van der Waals surface area contributed by atoms with E-state index in [2.05, 4.69) is 11.9 Å². The highest BCUT2D eigenvalue weighted by atomic mass is 16.2. The van der Waals surface area contributed by atoms with E-state index in [1.54, 1.807) is 0 Å². The summed E-state index contributed by atoms with van der Waals surface area (Å²) in [5, 5.41) is 5.33. The minimum Gasteiger partial charge on any atom is -0.348 e. The predicted molar refractivity (Wildman–Crippen MR) is 70.8 cm³/mol. The third-order valence-electron chi connectivity index (χ3n) is 5.22. The molecule has 0 heterocycles. The first kappa shape index (κ1) is 12.2. The highest BCUT2D eigenvalue weighted by Gasteiger charge is 2.48. The van der Waals surface area contributed by atoms with Crippen molar-refractivity contribution < 1.29 is 10.1 Å². The molecule has 4 rings (SSSR count). The molecule has 0 radical (unpaired) electrons. The zero-order valence-electron chi connectivity index (χ0n) is 11.1. The van der Waals surface area contributed by atoms with Gasteiger partial charge in [-0.1, -0.05) is 6.58 Å². The Balaban J connectivity index is 1.53. The monoisotopic (exact) mass is 249 g/mol. The molecule has 4 aliphatic carbocycles. The molecule has 4 aliphatic rings. The van der Waals surface area contributed by atoms with Crippen molar-refractivity contribution in [2.24, 2.45) is 23.7 Å². The quantitative estimate of drug-likeness (QED) is 0.546. The Hall–Kier alpha value is -0.830. The summed E-state index contributed by atoms with van der Waals surface area (Å²) >= 11 is 0. The molecule has 4 fully saturated rings. The van der Waals surface area contributed by atoms with E-state index in [9.17, 15) is 4.79 Å². The van der Waals surface area contributed by atoms with Crippen LogP contribution in [-0.4, -0.2) is 25.0 Å². The summed E-state index contributed by atoms with van der Waals surface area (Å²) in [5.74, 6) is 3.74. The molecule has 3 heteroatoms. The summed E-state index contributed by atoms with van der Waals surface area (Å²) in [5.41, 5.74) is 0. The normalized spacial score (nSPS) is 40.8. The number of carbonyl (C=O) groups excluding carboxylic acids is 1. The fourth-order valence-electron chi connectivity index (χ4n) is 4.74. The fraction of sp³-hybridized carbons (Fsp3) is 0.800.